The van der Waals surface area contributed by atoms with Crippen molar-refractivity contribution in [3.8, 4) is 11.5 Å². The van der Waals surface area contributed by atoms with Gasteiger partial charge in [0, 0.05) is 6.04 Å². The van der Waals surface area contributed by atoms with Crippen LogP contribution in [-0.4, -0.2) is 45.5 Å². The number of carboxylic acids is 1. The summed E-state index contributed by atoms with van der Waals surface area (Å²) in [6.45, 7) is 1.74. The molecule has 1 N–H and O–H groups in total. The first kappa shape index (κ1) is 21.6. The lowest BCUT2D eigenvalue weighted by Crippen LogP contribution is -2.39. The predicted molar refractivity (Wildman–Crippen MR) is 117 cm³/mol. The fourth-order valence-corrected chi connectivity index (χ4v) is 5.02. The van der Waals surface area contributed by atoms with Crippen molar-refractivity contribution in [3.05, 3.63) is 28.7 Å². The van der Waals surface area contributed by atoms with Gasteiger partial charge in [-0.25, -0.2) is 4.79 Å². The Morgan fingerprint density at radius 1 is 1.34 bits per heavy atom. The summed E-state index contributed by atoms with van der Waals surface area (Å²) in [5.41, 5.74) is 0.765. The van der Waals surface area contributed by atoms with Crippen LogP contribution >= 0.6 is 24.0 Å². The normalized spacial score (nSPS) is 20.2. The number of thiocarbonyl (C=S) groups is 1. The van der Waals surface area contributed by atoms with Crippen LogP contribution in [0.3, 0.4) is 0 Å². The highest BCUT2D eigenvalue weighted by Gasteiger charge is 2.37. The first-order valence-electron chi connectivity index (χ1n) is 9.79. The van der Waals surface area contributed by atoms with E-state index in [0.717, 1.165) is 31.2 Å². The molecule has 8 heteroatoms. The van der Waals surface area contributed by atoms with Crippen molar-refractivity contribution in [2.45, 2.75) is 57.6 Å². The highest BCUT2D eigenvalue weighted by Crippen LogP contribution is 2.38. The second-order valence-corrected chi connectivity index (χ2v) is 8.78. The van der Waals surface area contributed by atoms with Gasteiger partial charge in [-0.05, 0) is 43.0 Å². The van der Waals surface area contributed by atoms with Crippen LogP contribution in [0, 0.1) is 0 Å². The van der Waals surface area contributed by atoms with Gasteiger partial charge in [0.05, 0.1) is 12.0 Å². The number of hydrogen-bond donors (Lipinski definition) is 1. The molecule has 1 saturated carbocycles. The van der Waals surface area contributed by atoms with E-state index < -0.39 is 12.1 Å². The van der Waals surface area contributed by atoms with Crippen molar-refractivity contribution < 1.29 is 24.2 Å². The van der Waals surface area contributed by atoms with Gasteiger partial charge in [0.15, 0.2) is 17.6 Å². The second-order valence-electron chi connectivity index (χ2n) is 7.11. The molecular weight excluding hydrogens is 410 g/mol. The van der Waals surface area contributed by atoms with Gasteiger partial charge in [-0.1, -0.05) is 56.2 Å². The summed E-state index contributed by atoms with van der Waals surface area (Å²) < 4.78 is 11.5. The number of benzene rings is 1. The fourth-order valence-electron chi connectivity index (χ4n) is 3.62. The van der Waals surface area contributed by atoms with Gasteiger partial charge in [-0.3, -0.25) is 9.69 Å². The number of carbonyl (C=O) groups excluding carboxylic acids is 1. The molecular formula is C21H25NO5S2. The highest BCUT2D eigenvalue weighted by atomic mass is 32.2. The molecule has 2 fully saturated rings. The van der Waals surface area contributed by atoms with Crippen LogP contribution in [0.2, 0.25) is 0 Å². The molecule has 1 aliphatic heterocycles. The molecule has 1 amide bonds. The third-order valence-corrected chi connectivity index (χ3v) is 6.49. The molecule has 1 atom stereocenters. The van der Waals surface area contributed by atoms with Crippen LogP contribution in [0.5, 0.6) is 11.5 Å². The maximum atomic E-state index is 12.9. The average Bonchev–Trinajstić information content (AvgIpc) is 3.00. The zero-order valence-corrected chi connectivity index (χ0v) is 18.2. The summed E-state index contributed by atoms with van der Waals surface area (Å²) >= 11 is 6.80. The van der Waals surface area contributed by atoms with Gasteiger partial charge in [-0.15, -0.1) is 0 Å². The highest BCUT2D eigenvalue weighted by molar-refractivity contribution is 8.26. The van der Waals surface area contributed by atoms with Crippen molar-refractivity contribution in [3.63, 3.8) is 0 Å². The van der Waals surface area contributed by atoms with E-state index in [4.69, 9.17) is 21.7 Å². The Bertz CT molecular complexity index is 832. The molecule has 156 valence electrons. The van der Waals surface area contributed by atoms with Crippen molar-refractivity contribution in [2.75, 3.05) is 7.11 Å². The maximum absolute atomic E-state index is 12.9. The van der Waals surface area contributed by atoms with Crippen molar-refractivity contribution in [1.82, 2.24) is 4.90 Å². The van der Waals surface area contributed by atoms with Crippen molar-refractivity contribution >= 4 is 46.3 Å². The Labute approximate surface area is 180 Å². The van der Waals surface area contributed by atoms with E-state index in [1.54, 1.807) is 36.1 Å². The standard InChI is InChI=1S/C21H25NO5S2/c1-3-15(20(24)25)27-16-10-9-13(11-17(16)26-2)12-18-19(23)22(21(28)29-18)14-7-5-4-6-8-14/h9-12,14-15H,3-8H2,1-2H3,(H,24,25)/b18-12+. The average molecular weight is 436 g/mol. The quantitative estimate of drug-likeness (QED) is 0.500. The number of methoxy groups -OCH3 is 1. The third-order valence-electron chi connectivity index (χ3n) is 5.16. The Balaban J connectivity index is 1.80. The zero-order valence-electron chi connectivity index (χ0n) is 16.6. The first-order valence-corrected chi connectivity index (χ1v) is 11.0. The van der Waals surface area contributed by atoms with Gasteiger partial charge >= 0.3 is 5.97 Å². The minimum atomic E-state index is -1.02. The molecule has 6 nitrogen and oxygen atoms in total. The number of carbonyl (C=O) groups is 2. The summed E-state index contributed by atoms with van der Waals surface area (Å²) in [7, 11) is 1.50. The van der Waals surface area contributed by atoms with Gasteiger partial charge in [0.1, 0.15) is 4.32 Å². The lowest BCUT2D eigenvalue weighted by molar-refractivity contribution is -0.145. The van der Waals surface area contributed by atoms with Crippen LogP contribution < -0.4 is 9.47 Å². The number of hydrogen-bond acceptors (Lipinski definition) is 6. The predicted octanol–water partition coefficient (Wildman–Crippen LogP) is 4.47. The lowest BCUT2D eigenvalue weighted by atomic mass is 9.94. The van der Waals surface area contributed by atoms with Gasteiger partial charge in [0.25, 0.3) is 5.91 Å². The van der Waals surface area contributed by atoms with E-state index in [0.29, 0.717) is 27.1 Å². The molecule has 1 heterocycles. The Hall–Kier alpha value is -2.06. The molecule has 1 aliphatic carbocycles. The van der Waals surface area contributed by atoms with Crippen LogP contribution in [0.4, 0.5) is 0 Å². The summed E-state index contributed by atoms with van der Waals surface area (Å²) in [4.78, 5) is 26.5. The van der Waals surface area contributed by atoms with E-state index in [1.807, 2.05) is 0 Å². The molecule has 1 aromatic carbocycles. The van der Waals surface area contributed by atoms with E-state index in [9.17, 15) is 14.7 Å². The van der Waals surface area contributed by atoms with Gasteiger partial charge in [0.2, 0.25) is 0 Å². The summed E-state index contributed by atoms with van der Waals surface area (Å²) in [5, 5.41) is 9.20. The summed E-state index contributed by atoms with van der Waals surface area (Å²) in [6.07, 6.45) is 6.68. The van der Waals surface area contributed by atoms with Crippen molar-refractivity contribution in [1.29, 1.82) is 0 Å². The largest absolute Gasteiger partial charge is 0.493 e. The summed E-state index contributed by atoms with van der Waals surface area (Å²) in [6, 6.07) is 5.38. The third kappa shape index (κ3) is 4.93. The molecule has 0 radical (unpaired) electrons. The Morgan fingerprint density at radius 2 is 2.07 bits per heavy atom. The number of carboxylic acid groups (broad SMARTS) is 1. The molecule has 0 spiro atoms. The van der Waals surface area contributed by atoms with Crippen LogP contribution in [-0.2, 0) is 9.59 Å². The van der Waals surface area contributed by atoms with Gasteiger partial charge < -0.3 is 14.6 Å². The Morgan fingerprint density at radius 3 is 2.69 bits per heavy atom. The smallest absolute Gasteiger partial charge is 0.344 e. The number of ether oxygens (including phenoxy) is 2. The van der Waals surface area contributed by atoms with Crippen LogP contribution in [0.25, 0.3) is 6.08 Å². The molecule has 29 heavy (non-hydrogen) atoms. The number of amides is 1. The number of nitrogens with zero attached hydrogens (tertiary/aromatic N) is 1. The number of rotatable bonds is 7. The molecule has 1 saturated heterocycles. The van der Waals surface area contributed by atoms with E-state index in [-0.39, 0.29) is 11.9 Å². The molecule has 0 bridgehead atoms. The number of thioether (sulfide) groups is 1. The lowest BCUT2D eigenvalue weighted by Gasteiger charge is -2.29. The van der Waals surface area contributed by atoms with Crippen LogP contribution in [0.15, 0.2) is 23.1 Å². The monoisotopic (exact) mass is 435 g/mol. The Kier molecular flexibility index (Phi) is 7.18. The minimum Gasteiger partial charge on any atom is -0.493 e. The van der Waals surface area contributed by atoms with Crippen LogP contribution in [0.1, 0.15) is 51.0 Å². The fraction of sp³-hybridized carbons (Fsp3) is 0.476. The first-order chi connectivity index (χ1) is 13.9. The minimum absolute atomic E-state index is 0.0388. The molecule has 1 unspecified atom stereocenters. The van der Waals surface area contributed by atoms with Gasteiger partial charge in [-0.2, -0.15) is 0 Å². The molecule has 1 aromatic rings. The molecule has 2 aliphatic rings. The topological polar surface area (TPSA) is 76.1 Å². The van der Waals surface area contributed by atoms with E-state index in [1.165, 1.54) is 25.3 Å². The van der Waals surface area contributed by atoms with E-state index >= 15 is 0 Å². The SMILES string of the molecule is CCC(Oc1ccc(/C=C2/SC(=S)N(C3CCCCC3)C2=O)cc1OC)C(=O)O. The summed E-state index contributed by atoms with van der Waals surface area (Å²) in [5.74, 6) is -0.289. The molecule has 0 aromatic heterocycles. The number of aliphatic carboxylic acids is 1. The zero-order chi connectivity index (χ0) is 21.0. The second kappa shape index (κ2) is 9.63. The molecule has 3 rings (SSSR count). The van der Waals surface area contributed by atoms with Crippen molar-refractivity contribution in [2.24, 2.45) is 0 Å². The van der Waals surface area contributed by atoms with E-state index in [2.05, 4.69) is 0 Å². The maximum Gasteiger partial charge on any atom is 0.344 e.